The summed E-state index contributed by atoms with van der Waals surface area (Å²) in [6, 6.07) is 69.3. The molecule has 0 radical (unpaired) electrons. The van der Waals surface area contributed by atoms with Crippen LogP contribution in [0.1, 0.15) is 0 Å². The molecule has 3 heterocycles. The molecule has 0 amide bonds. The average Bonchev–Trinajstić information content (AvgIpc) is 3.33. The third-order valence-electron chi connectivity index (χ3n) is 10.6. The van der Waals surface area contributed by atoms with Crippen LogP contribution in [0.25, 0.3) is 90.0 Å². The number of hydrogen-bond donors (Lipinski definition) is 0. The molecule has 0 saturated heterocycles. The summed E-state index contributed by atoms with van der Waals surface area (Å²) in [6.45, 7) is 0. The highest BCUT2D eigenvalue weighted by molar-refractivity contribution is 8.05. The summed E-state index contributed by atoms with van der Waals surface area (Å²) < 4.78 is 0. The molecule has 1 aliphatic heterocycles. The third-order valence-corrected chi connectivity index (χ3v) is 13.1. The number of rotatable bonds is 7. The van der Waals surface area contributed by atoms with Gasteiger partial charge in [-0.2, -0.15) is 0 Å². The molecule has 0 spiro atoms. The van der Waals surface area contributed by atoms with Crippen LogP contribution in [0.3, 0.4) is 0 Å². The van der Waals surface area contributed by atoms with Gasteiger partial charge in [0.05, 0.1) is 11.4 Å². The van der Waals surface area contributed by atoms with Crippen molar-refractivity contribution in [2.24, 2.45) is 0 Å². The Labute approximate surface area is 356 Å². The Bertz CT molecular complexity index is 3150. The van der Waals surface area contributed by atoms with Gasteiger partial charge in [-0.05, 0) is 70.4 Å². The minimum absolute atomic E-state index is 0.618. The van der Waals surface area contributed by atoms with Crippen molar-refractivity contribution in [3.63, 3.8) is 0 Å². The molecule has 0 atom stereocenters. The molecule has 0 bridgehead atoms. The van der Waals surface area contributed by atoms with E-state index in [1.807, 2.05) is 90.3 Å². The lowest BCUT2D eigenvalue weighted by atomic mass is 9.99. The largest absolute Gasteiger partial charge is 0.228 e. The van der Waals surface area contributed by atoms with Crippen molar-refractivity contribution < 1.29 is 0 Å². The van der Waals surface area contributed by atoms with Crippen molar-refractivity contribution in [1.82, 2.24) is 24.9 Å². The minimum atomic E-state index is 0.618. The molecule has 0 fully saturated rings. The molecular weight excluding hydrogens is 771 g/mol. The van der Waals surface area contributed by atoms with Gasteiger partial charge in [-0.25, -0.2) is 24.9 Å². The van der Waals surface area contributed by atoms with Crippen LogP contribution in [-0.2, 0) is 0 Å². The summed E-state index contributed by atoms with van der Waals surface area (Å²) in [4.78, 5) is 30.3. The van der Waals surface area contributed by atoms with Gasteiger partial charge in [0, 0.05) is 53.0 Å². The van der Waals surface area contributed by atoms with E-state index in [-0.39, 0.29) is 0 Å². The summed E-state index contributed by atoms with van der Waals surface area (Å²) in [7, 11) is 0. The molecular formula is C53H33N5S2. The summed E-state index contributed by atoms with van der Waals surface area (Å²) in [5.74, 6) is 2.58. The fourth-order valence-corrected chi connectivity index (χ4v) is 9.84. The molecule has 10 aromatic rings. The Hall–Kier alpha value is -7.19. The topological polar surface area (TPSA) is 64.5 Å². The fraction of sp³-hybridized carbons (Fsp3) is 0. The predicted octanol–water partition coefficient (Wildman–Crippen LogP) is 14.1. The van der Waals surface area contributed by atoms with E-state index in [4.69, 9.17) is 24.9 Å². The highest BCUT2D eigenvalue weighted by Gasteiger charge is 2.20. The number of fused-ring (bicyclic) bond motifs is 3. The average molecular weight is 804 g/mol. The van der Waals surface area contributed by atoms with E-state index in [2.05, 4.69) is 133 Å². The monoisotopic (exact) mass is 803 g/mol. The van der Waals surface area contributed by atoms with Crippen molar-refractivity contribution in [3.8, 4) is 79.2 Å². The van der Waals surface area contributed by atoms with Gasteiger partial charge in [0.15, 0.2) is 23.3 Å². The van der Waals surface area contributed by atoms with Gasteiger partial charge >= 0.3 is 0 Å². The molecule has 60 heavy (non-hydrogen) atoms. The van der Waals surface area contributed by atoms with E-state index in [0.717, 1.165) is 55.9 Å². The van der Waals surface area contributed by atoms with Crippen LogP contribution in [0.2, 0.25) is 0 Å². The van der Waals surface area contributed by atoms with Gasteiger partial charge in [-0.1, -0.05) is 175 Å². The standard InChI is InChI=1S/C53H33N5S2/c1-4-14-34(15-5-1)44-33-45(55-52(54-44)43-26-27-46-47(32-43)60-49-31-40-21-11-10-20-39(40)30-48(49)59-46)41-24-12-22-37(28-41)38-23-13-25-42(29-38)53-57-50(35-16-6-2-7-17-35)56-51(58-53)36-18-8-3-9-19-36/h1-33H. The quantitative estimate of drug-likeness (QED) is 0.159. The van der Waals surface area contributed by atoms with Crippen LogP contribution in [0, 0.1) is 0 Å². The first-order chi connectivity index (χ1) is 29.7. The third kappa shape index (κ3) is 7.15. The van der Waals surface area contributed by atoms with Gasteiger partial charge in [0.1, 0.15) is 0 Å². The molecule has 2 aromatic heterocycles. The van der Waals surface area contributed by atoms with Gasteiger partial charge in [0.2, 0.25) is 0 Å². The zero-order valence-electron chi connectivity index (χ0n) is 32.1. The minimum Gasteiger partial charge on any atom is -0.228 e. The number of nitrogens with zero attached hydrogens (tertiary/aromatic N) is 5. The zero-order valence-corrected chi connectivity index (χ0v) is 33.7. The molecule has 1 aliphatic rings. The Morgan fingerprint density at radius 2 is 0.633 bits per heavy atom. The number of aromatic nitrogens is 5. The smallest absolute Gasteiger partial charge is 0.164 e. The maximum atomic E-state index is 5.26. The lowest BCUT2D eigenvalue weighted by molar-refractivity contribution is 1.07. The predicted molar refractivity (Wildman–Crippen MR) is 246 cm³/mol. The number of benzene rings is 8. The van der Waals surface area contributed by atoms with Crippen LogP contribution in [-0.4, -0.2) is 24.9 Å². The highest BCUT2D eigenvalue weighted by atomic mass is 32.2. The maximum Gasteiger partial charge on any atom is 0.164 e. The van der Waals surface area contributed by atoms with Gasteiger partial charge in [-0.15, -0.1) is 0 Å². The molecule has 11 rings (SSSR count). The molecule has 282 valence electrons. The van der Waals surface area contributed by atoms with Crippen LogP contribution < -0.4 is 0 Å². The highest BCUT2D eigenvalue weighted by Crippen LogP contribution is 2.50. The normalized spacial score (nSPS) is 11.9. The second-order valence-corrected chi connectivity index (χ2v) is 16.7. The van der Waals surface area contributed by atoms with Gasteiger partial charge < -0.3 is 0 Å². The molecule has 0 unspecified atom stereocenters. The van der Waals surface area contributed by atoms with Crippen molar-refractivity contribution >= 4 is 34.3 Å². The van der Waals surface area contributed by atoms with Crippen LogP contribution in [0.4, 0.5) is 0 Å². The van der Waals surface area contributed by atoms with Gasteiger partial charge in [-0.3, -0.25) is 0 Å². The first-order valence-corrected chi connectivity index (χ1v) is 21.4. The van der Waals surface area contributed by atoms with E-state index in [1.54, 1.807) is 0 Å². The SMILES string of the molecule is c1ccc(-c2cc(-c3cccc(-c4cccc(-c5nc(-c6ccccc6)nc(-c6ccccc6)n5)c4)c3)nc(-c3ccc4c(c3)Sc3cc5ccccc5cc3S4)n2)cc1. The number of hydrogen-bond acceptors (Lipinski definition) is 7. The van der Waals surface area contributed by atoms with Gasteiger partial charge in [0.25, 0.3) is 0 Å². The van der Waals surface area contributed by atoms with Crippen molar-refractivity contribution in [2.45, 2.75) is 19.6 Å². The molecule has 7 heteroatoms. The van der Waals surface area contributed by atoms with E-state index in [1.165, 1.54) is 30.4 Å². The molecule has 5 nitrogen and oxygen atoms in total. The van der Waals surface area contributed by atoms with Crippen molar-refractivity contribution in [3.05, 3.63) is 200 Å². The Morgan fingerprint density at radius 3 is 1.23 bits per heavy atom. The molecule has 0 saturated carbocycles. The lowest BCUT2D eigenvalue weighted by Gasteiger charge is -2.20. The van der Waals surface area contributed by atoms with Crippen molar-refractivity contribution in [1.29, 1.82) is 0 Å². The summed E-state index contributed by atoms with van der Waals surface area (Å²) in [5, 5.41) is 2.51. The summed E-state index contributed by atoms with van der Waals surface area (Å²) >= 11 is 3.64. The molecule has 0 aliphatic carbocycles. The second kappa shape index (κ2) is 15.5. The van der Waals surface area contributed by atoms with E-state index in [0.29, 0.717) is 23.3 Å². The fourth-order valence-electron chi connectivity index (χ4n) is 7.52. The van der Waals surface area contributed by atoms with E-state index < -0.39 is 0 Å². The van der Waals surface area contributed by atoms with Crippen molar-refractivity contribution in [2.75, 3.05) is 0 Å². The van der Waals surface area contributed by atoms with E-state index >= 15 is 0 Å². The molecule has 8 aromatic carbocycles. The summed E-state index contributed by atoms with van der Waals surface area (Å²) in [6.07, 6.45) is 0. The first-order valence-electron chi connectivity index (χ1n) is 19.7. The van der Waals surface area contributed by atoms with Crippen LogP contribution >= 0.6 is 23.5 Å². The first kappa shape index (κ1) is 35.9. The Morgan fingerprint density at radius 1 is 0.233 bits per heavy atom. The summed E-state index contributed by atoms with van der Waals surface area (Å²) in [5.41, 5.74) is 9.64. The Balaban J connectivity index is 0.968. The zero-order chi connectivity index (χ0) is 39.8. The Kier molecular flexibility index (Phi) is 9.30. The second-order valence-electron chi connectivity index (χ2n) is 14.5. The van der Waals surface area contributed by atoms with Crippen LogP contribution in [0.5, 0.6) is 0 Å². The van der Waals surface area contributed by atoms with Crippen LogP contribution in [0.15, 0.2) is 220 Å². The lowest BCUT2D eigenvalue weighted by Crippen LogP contribution is -2.00. The molecule has 0 N–H and O–H groups in total. The maximum absolute atomic E-state index is 5.26. The van der Waals surface area contributed by atoms with E-state index in [9.17, 15) is 0 Å².